The molecule has 2 aliphatic rings. The molecule has 3 rings (SSSR count). The summed E-state index contributed by atoms with van der Waals surface area (Å²) in [6.07, 6.45) is 5.53. The van der Waals surface area contributed by atoms with Gasteiger partial charge in [-0.1, -0.05) is 12.1 Å². The second-order valence-electron chi connectivity index (χ2n) is 6.82. The summed E-state index contributed by atoms with van der Waals surface area (Å²) in [5.41, 5.74) is 0. The van der Waals surface area contributed by atoms with Crippen LogP contribution in [0.4, 0.5) is 4.79 Å². The van der Waals surface area contributed by atoms with Crippen LogP contribution < -0.4 is 0 Å². The fourth-order valence-electron chi connectivity index (χ4n) is 3.66. The predicted molar refractivity (Wildman–Crippen MR) is 100 cm³/mol. The molecule has 0 atom stereocenters. The van der Waals surface area contributed by atoms with Gasteiger partial charge in [0.2, 0.25) is 5.91 Å². The van der Waals surface area contributed by atoms with Gasteiger partial charge in [0.05, 0.1) is 6.54 Å². The molecule has 1 aromatic rings. The first kappa shape index (κ1) is 18.0. The first-order valence-electron chi connectivity index (χ1n) is 9.15. The predicted octanol–water partition coefficient (Wildman–Crippen LogP) is 3.19. The van der Waals surface area contributed by atoms with Gasteiger partial charge in [-0.05, 0) is 37.1 Å². The quantitative estimate of drug-likeness (QED) is 0.756. The van der Waals surface area contributed by atoms with Crippen LogP contribution in [-0.2, 0) is 11.3 Å². The number of carbonyl (C=O) groups excluding carboxylic acids is 2. The summed E-state index contributed by atoms with van der Waals surface area (Å²) in [7, 11) is 0. The Morgan fingerprint density at radius 2 is 1.88 bits per heavy atom. The fourth-order valence-corrected chi connectivity index (χ4v) is 4.38. The Hall–Kier alpha value is -1.82. The third-order valence-electron chi connectivity index (χ3n) is 5.08. The maximum absolute atomic E-state index is 12.9. The van der Waals surface area contributed by atoms with Crippen molar-refractivity contribution in [1.29, 1.82) is 0 Å². The molecule has 2 aliphatic heterocycles. The molecule has 2 saturated heterocycles. The van der Waals surface area contributed by atoms with Crippen molar-refractivity contribution in [3.8, 4) is 0 Å². The van der Waals surface area contributed by atoms with E-state index in [1.54, 1.807) is 17.4 Å². The molecule has 0 radical (unpaired) electrons. The lowest BCUT2D eigenvalue weighted by atomic mass is 9.95. The van der Waals surface area contributed by atoms with Crippen LogP contribution in [-0.4, -0.2) is 59.4 Å². The summed E-state index contributed by atoms with van der Waals surface area (Å²) in [4.78, 5) is 32.3. The van der Waals surface area contributed by atoms with Crippen molar-refractivity contribution in [2.45, 2.75) is 32.2 Å². The Morgan fingerprint density at radius 3 is 2.48 bits per heavy atom. The Balaban J connectivity index is 1.54. The van der Waals surface area contributed by atoms with Crippen molar-refractivity contribution in [2.24, 2.45) is 5.92 Å². The van der Waals surface area contributed by atoms with E-state index in [9.17, 15) is 9.59 Å². The molecule has 25 heavy (non-hydrogen) atoms. The molecule has 5 nitrogen and oxygen atoms in total. The van der Waals surface area contributed by atoms with E-state index in [1.807, 2.05) is 26.1 Å². The third-order valence-corrected chi connectivity index (χ3v) is 5.94. The molecular weight excluding hydrogens is 334 g/mol. The number of urea groups is 1. The minimum atomic E-state index is 0.0162. The molecule has 3 heterocycles. The molecule has 0 aliphatic carbocycles. The first-order chi connectivity index (χ1) is 12.2. The van der Waals surface area contributed by atoms with E-state index in [0.29, 0.717) is 26.2 Å². The highest BCUT2D eigenvalue weighted by molar-refractivity contribution is 7.09. The van der Waals surface area contributed by atoms with Crippen LogP contribution in [0.3, 0.4) is 0 Å². The van der Waals surface area contributed by atoms with Gasteiger partial charge in [-0.3, -0.25) is 4.79 Å². The summed E-state index contributed by atoms with van der Waals surface area (Å²) in [6.45, 7) is 8.14. The number of nitrogens with zero attached hydrogens (tertiary/aromatic N) is 3. The summed E-state index contributed by atoms with van der Waals surface area (Å²) in [5, 5.41) is 2.04. The van der Waals surface area contributed by atoms with E-state index in [0.717, 1.165) is 38.8 Å². The van der Waals surface area contributed by atoms with Crippen molar-refractivity contribution in [3.63, 3.8) is 0 Å². The number of piperidine rings is 1. The number of amides is 3. The highest BCUT2D eigenvalue weighted by Crippen LogP contribution is 2.23. The standard InChI is InChI=1S/C19H27N3O2S/c1-2-9-22(15-17-6-5-14-25-17)18(23)16-7-12-21(13-8-16)19(24)20-10-3-4-11-20/h2,5-6,14,16H,1,3-4,7-13,15H2. The normalized spacial score (nSPS) is 18.4. The Labute approximate surface area is 153 Å². The maximum Gasteiger partial charge on any atom is 0.319 e. The first-order valence-corrected chi connectivity index (χ1v) is 10.0. The average molecular weight is 362 g/mol. The SMILES string of the molecule is C=CCN(Cc1cccs1)C(=O)C1CCN(C(=O)N2CCCC2)CC1. The molecule has 6 heteroatoms. The Morgan fingerprint density at radius 1 is 1.20 bits per heavy atom. The minimum absolute atomic E-state index is 0.0162. The maximum atomic E-state index is 12.9. The summed E-state index contributed by atoms with van der Waals surface area (Å²) in [5.74, 6) is 0.212. The van der Waals surface area contributed by atoms with Crippen molar-refractivity contribution in [2.75, 3.05) is 32.7 Å². The second-order valence-corrected chi connectivity index (χ2v) is 7.86. The van der Waals surface area contributed by atoms with E-state index in [-0.39, 0.29) is 17.9 Å². The zero-order valence-electron chi connectivity index (χ0n) is 14.7. The van der Waals surface area contributed by atoms with Crippen LogP contribution in [0.15, 0.2) is 30.2 Å². The smallest absolute Gasteiger partial charge is 0.319 e. The van der Waals surface area contributed by atoms with Gasteiger partial charge in [-0.2, -0.15) is 0 Å². The van der Waals surface area contributed by atoms with Crippen LogP contribution in [0.2, 0.25) is 0 Å². The average Bonchev–Trinajstić information content (AvgIpc) is 3.34. The van der Waals surface area contributed by atoms with Crippen LogP contribution in [0.25, 0.3) is 0 Å². The lowest BCUT2D eigenvalue weighted by molar-refractivity contribution is -0.137. The van der Waals surface area contributed by atoms with Crippen LogP contribution in [0, 0.1) is 5.92 Å². The Bertz CT molecular complexity index is 588. The highest BCUT2D eigenvalue weighted by atomic mass is 32.1. The molecule has 0 N–H and O–H groups in total. The van der Waals surface area contributed by atoms with Gasteiger partial charge >= 0.3 is 6.03 Å². The summed E-state index contributed by atoms with van der Waals surface area (Å²) in [6, 6.07) is 4.23. The lowest BCUT2D eigenvalue weighted by Gasteiger charge is -2.35. The number of hydrogen-bond donors (Lipinski definition) is 0. The topological polar surface area (TPSA) is 43.9 Å². The fraction of sp³-hybridized carbons (Fsp3) is 0.579. The minimum Gasteiger partial charge on any atom is -0.334 e. The van der Waals surface area contributed by atoms with Crippen LogP contribution in [0.1, 0.15) is 30.6 Å². The van der Waals surface area contributed by atoms with Crippen molar-refractivity contribution >= 4 is 23.3 Å². The van der Waals surface area contributed by atoms with E-state index in [2.05, 4.69) is 12.6 Å². The molecular formula is C19H27N3O2S. The largest absolute Gasteiger partial charge is 0.334 e. The Kier molecular flexibility index (Phi) is 6.13. The van der Waals surface area contributed by atoms with Crippen molar-refractivity contribution in [1.82, 2.24) is 14.7 Å². The molecule has 0 saturated carbocycles. The van der Waals surface area contributed by atoms with E-state index >= 15 is 0 Å². The zero-order chi connectivity index (χ0) is 17.6. The molecule has 0 spiro atoms. The molecule has 0 bridgehead atoms. The van der Waals surface area contributed by atoms with Gasteiger partial charge in [0.25, 0.3) is 0 Å². The van der Waals surface area contributed by atoms with Gasteiger partial charge in [-0.25, -0.2) is 4.79 Å². The lowest BCUT2D eigenvalue weighted by Crippen LogP contribution is -2.48. The summed E-state index contributed by atoms with van der Waals surface area (Å²) < 4.78 is 0. The van der Waals surface area contributed by atoms with Crippen LogP contribution >= 0.6 is 11.3 Å². The van der Waals surface area contributed by atoms with E-state index in [1.165, 1.54) is 4.88 Å². The number of likely N-dealkylation sites (tertiary alicyclic amines) is 2. The van der Waals surface area contributed by atoms with E-state index in [4.69, 9.17) is 0 Å². The number of rotatable bonds is 5. The molecule has 0 unspecified atom stereocenters. The molecule has 2 fully saturated rings. The molecule has 0 aromatic carbocycles. The number of thiophene rings is 1. The summed E-state index contributed by atoms with van der Waals surface area (Å²) >= 11 is 1.67. The monoisotopic (exact) mass is 361 g/mol. The number of carbonyl (C=O) groups is 2. The van der Waals surface area contributed by atoms with Crippen molar-refractivity contribution < 1.29 is 9.59 Å². The van der Waals surface area contributed by atoms with Crippen LogP contribution in [0.5, 0.6) is 0 Å². The van der Waals surface area contributed by atoms with Gasteiger partial charge in [-0.15, -0.1) is 17.9 Å². The van der Waals surface area contributed by atoms with Crippen molar-refractivity contribution in [3.05, 3.63) is 35.0 Å². The van der Waals surface area contributed by atoms with Gasteiger partial charge < -0.3 is 14.7 Å². The van der Waals surface area contributed by atoms with Gasteiger partial charge in [0.1, 0.15) is 0 Å². The molecule has 136 valence electrons. The number of hydrogen-bond acceptors (Lipinski definition) is 3. The van der Waals surface area contributed by atoms with Gasteiger partial charge in [0.15, 0.2) is 0 Å². The second kappa shape index (κ2) is 8.52. The van der Waals surface area contributed by atoms with E-state index < -0.39 is 0 Å². The highest BCUT2D eigenvalue weighted by Gasteiger charge is 2.32. The molecule has 3 amide bonds. The molecule has 1 aromatic heterocycles. The third kappa shape index (κ3) is 4.42. The zero-order valence-corrected chi connectivity index (χ0v) is 15.5. The van der Waals surface area contributed by atoms with Gasteiger partial charge in [0, 0.05) is 43.5 Å².